The molecule has 0 saturated heterocycles. The van der Waals surface area contributed by atoms with Gasteiger partial charge in [-0.05, 0) is 19.1 Å². The summed E-state index contributed by atoms with van der Waals surface area (Å²) in [5, 5.41) is 28.5. The lowest BCUT2D eigenvalue weighted by atomic mass is 10.2. The molecular weight excluding hydrogens is 311 g/mol. The molecule has 116 valence electrons. The van der Waals surface area contributed by atoms with E-state index < -0.39 is 49.5 Å². The monoisotopic (exact) mass is 322 g/mol. The van der Waals surface area contributed by atoms with Gasteiger partial charge in [0.25, 0.3) is 0 Å². The first-order valence-corrected chi connectivity index (χ1v) is 6.91. The Hall–Kier alpha value is -2.11. The molecule has 2 atom stereocenters. The number of sulfonamides is 1. The second-order valence-electron chi connectivity index (χ2n) is 4.05. The van der Waals surface area contributed by atoms with E-state index in [4.69, 9.17) is 5.11 Å². The Balaban J connectivity index is 3.22. The van der Waals surface area contributed by atoms with Crippen molar-refractivity contribution in [1.29, 1.82) is 0 Å². The molecule has 9 nitrogen and oxygen atoms in total. The molecule has 0 radical (unpaired) electrons. The fraction of sp³-hybridized carbons (Fsp3) is 0.300. The second-order valence-corrected chi connectivity index (χ2v) is 5.76. The van der Waals surface area contributed by atoms with Crippen molar-refractivity contribution in [1.82, 2.24) is 4.72 Å². The quantitative estimate of drug-likeness (QED) is 0.487. The van der Waals surface area contributed by atoms with Crippen molar-refractivity contribution in [3.05, 3.63) is 34.1 Å². The van der Waals surface area contributed by atoms with Crippen LogP contribution in [0.5, 0.6) is 0 Å². The van der Waals surface area contributed by atoms with Crippen molar-refractivity contribution in [2.75, 3.05) is 0 Å². The maximum absolute atomic E-state index is 13.1. The van der Waals surface area contributed by atoms with Gasteiger partial charge in [0.05, 0.1) is 15.9 Å². The normalized spacial score (nSPS) is 14.4. The van der Waals surface area contributed by atoms with Crippen LogP contribution in [0.25, 0.3) is 0 Å². The summed E-state index contributed by atoms with van der Waals surface area (Å²) < 4.78 is 38.6. The van der Waals surface area contributed by atoms with E-state index in [0.717, 1.165) is 13.0 Å². The first-order chi connectivity index (χ1) is 9.56. The van der Waals surface area contributed by atoms with Crippen LogP contribution >= 0.6 is 0 Å². The minimum Gasteiger partial charge on any atom is -0.480 e. The van der Waals surface area contributed by atoms with E-state index >= 15 is 0 Å². The van der Waals surface area contributed by atoms with Crippen LogP contribution in [0.3, 0.4) is 0 Å². The summed E-state index contributed by atoms with van der Waals surface area (Å²) in [5.74, 6) is -2.87. The van der Waals surface area contributed by atoms with Crippen molar-refractivity contribution in [3.8, 4) is 0 Å². The highest BCUT2D eigenvalue weighted by atomic mass is 32.2. The lowest BCUT2D eigenvalue weighted by Gasteiger charge is -2.17. The molecule has 0 spiro atoms. The summed E-state index contributed by atoms with van der Waals surface area (Å²) in [4.78, 5) is 19.6. The predicted octanol–water partition coefficient (Wildman–Crippen LogP) is -0.154. The Morgan fingerprint density at radius 2 is 2.05 bits per heavy atom. The van der Waals surface area contributed by atoms with E-state index in [1.807, 2.05) is 0 Å². The number of carboxylic acids is 1. The van der Waals surface area contributed by atoms with E-state index in [0.29, 0.717) is 12.1 Å². The molecule has 0 heterocycles. The van der Waals surface area contributed by atoms with Crippen molar-refractivity contribution >= 4 is 21.7 Å². The number of rotatable bonds is 6. The number of carbonyl (C=O) groups is 1. The van der Waals surface area contributed by atoms with Crippen LogP contribution in [0, 0.1) is 15.9 Å². The second kappa shape index (κ2) is 6.11. The zero-order valence-corrected chi connectivity index (χ0v) is 11.4. The molecule has 0 amide bonds. The SMILES string of the molecule is C[C@@H](O)[C@H](NS(=O)(=O)c1ccc(F)c([N+](=O)[O-])c1)C(=O)O. The Bertz CT molecular complexity index is 674. The summed E-state index contributed by atoms with van der Waals surface area (Å²) in [6, 6.07) is -0.0751. The highest BCUT2D eigenvalue weighted by Crippen LogP contribution is 2.21. The van der Waals surface area contributed by atoms with E-state index in [2.05, 4.69) is 0 Å². The third-order valence-corrected chi connectivity index (χ3v) is 3.89. The lowest BCUT2D eigenvalue weighted by molar-refractivity contribution is -0.387. The molecule has 0 aliphatic rings. The molecular formula is C10H11FN2O7S. The highest BCUT2D eigenvalue weighted by molar-refractivity contribution is 7.89. The summed E-state index contributed by atoms with van der Waals surface area (Å²) in [5.41, 5.74) is -1.07. The smallest absolute Gasteiger partial charge is 0.324 e. The summed E-state index contributed by atoms with van der Waals surface area (Å²) in [6.07, 6.45) is -1.55. The van der Waals surface area contributed by atoms with Gasteiger partial charge < -0.3 is 10.2 Å². The zero-order valence-electron chi connectivity index (χ0n) is 10.6. The van der Waals surface area contributed by atoms with E-state index in [-0.39, 0.29) is 0 Å². The van der Waals surface area contributed by atoms with Gasteiger partial charge in [0, 0.05) is 6.07 Å². The zero-order chi connectivity index (χ0) is 16.4. The summed E-state index contributed by atoms with van der Waals surface area (Å²) in [6.45, 7) is 1.05. The van der Waals surface area contributed by atoms with Gasteiger partial charge in [0.2, 0.25) is 15.8 Å². The van der Waals surface area contributed by atoms with Crippen LogP contribution in [-0.4, -0.2) is 41.7 Å². The standard InChI is InChI=1S/C10H11FN2O7S/c1-5(14)9(10(15)16)12-21(19,20)6-2-3-7(11)8(4-6)13(17)18/h2-5,9,12,14H,1H3,(H,15,16)/t5-,9+/m1/s1. The van der Waals surface area contributed by atoms with Gasteiger partial charge in [-0.2, -0.15) is 9.11 Å². The third kappa shape index (κ3) is 3.93. The predicted molar refractivity (Wildman–Crippen MR) is 66.5 cm³/mol. The number of halogens is 1. The van der Waals surface area contributed by atoms with Crippen molar-refractivity contribution in [3.63, 3.8) is 0 Å². The maximum Gasteiger partial charge on any atom is 0.324 e. The number of benzene rings is 1. The van der Waals surface area contributed by atoms with Crippen LogP contribution in [-0.2, 0) is 14.8 Å². The maximum atomic E-state index is 13.1. The molecule has 0 unspecified atom stereocenters. The van der Waals surface area contributed by atoms with Crippen molar-refractivity contribution in [2.24, 2.45) is 0 Å². The van der Waals surface area contributed by atoms with Gasteiger partial charge in [-0.1, -0.05) is 0 Å². The number of carboxylic acid groups (broad SMARTS) is 1. The molecule has 1 aromatic rings. The molecule has 0 aliphatic heterocycles. The number of aliphatic hydroxyl groups is 1. The average Bonchev–Trinajstić information content (AvgIpc) is 2.35. The van der Waals surface area contributed by atoms with Crippen LogP contribution < -0.4 is 4.72 Å². The van der Waals surface area contributed by atoms with Gasteiger partial charge >= 0.3 is 11.7 Å². The molecule has 3 N–H and O–H groups in total. The molecule has 0 aromatic heterocycles. The fourth-order valence-electron chi connectivity index (χ4n) is 1.39. The van der Waals surface area contributed by atoms with Crippen molar-refractivity contribution in [2.45, 2.75) is 24.0 Å². The molecule has 0 bridgehead atoms. The Morgan fingerprint density at radius 1 is 1.48 bits per heavy atom. The highest BCUT2D eigenvalue weighted by Gasteiger charge is 2.30. The average molecular weight is 322 g/mol. The summed E-state index contributed by atoms with van der Waals surface area (Å²) >= 11 is 0. The Morgan fingerprint density at radius 3 is 2.48 bits per heavy atom. The third-order valence-electron chi connectivity index (χ3n) is 2.46. The topological polar surface area (TPSA) is 147 Å². The van der Waals surface area contributed by atoms with Crippen LogP contribution in [0.2, 0.25) is 0 Å². The van der Waals surface area contributed by atoms with E-state index in [1.165, 1.54) is 0 Å². The largest absolute Gasteiger partial charge is 0.480 e. The number of nitrogens with zero attached hydrogens (tertiary/aromatic N) is 1. The fourth-order valence-corrected chi connectivity index (χ4v) is 2.67. The minimum atomic E-state index is -4.48. The molecule has 1 aromatic carbocycles. The molecule has 11 heteroatoms. The number of hydrogen-bond acceptors (Lipinski definition) is 6. The van der Waals surface area contributed by atoms with Gasteiger partial charge in [0.15, 0.2) is 0 Å². The van der Waals surface area contributed by atoms with E-state index in [9.17, 15) is 32.8 Å². The number of aliphatic carboxylic acids is 1. The number of nitro benzene ring substituents is 1. The molecule has 1 rings (SSSR count). The first kappa shape index (κ1) is 16.9. The number of nitrogens with one attached hydrogen (secondary N) is 1. The van der Waals surface area contributed by atoms with Crippen LogP contribution in [0.1, 0.15) is 6.92 Å². The summed E-state index contributed by atoms with van der Waals surface area (Å²) in [7, 11) is -4.48. The van der Waals surface area contributed by atoms with Crippen molar-refractivity contribution < 1.29 is 32.7 Å². The molecule has 0 fully saturated rings. The van der Waals surface area contributed by atoms with E-state index in [1.54, 1.807) is 4.72 Å². The molecule has 0 aliphatic carbocycles. The van der Waals surface area contributed by atoms with Gasteiger partial charge in [-0.15, -0.1) is 0 Å². The molecule has 0 saturated carbocycles. The Kier molecular flexibility index (Phi) is 4.93. The minimum absolute atomic E-state index is 0.457. The number of aliphatic hydroxyl groups excluding tert-OH is 1. The van der Waals surface area contributed by atoms with Gasteiger partial charge in [0.1, 0.15) is 6.04 Å². The Labute approximate surface area is 118 Å². The van der Waals surface area contributed by atoms with Gasteiger partial charge in [-0.3, -0.25) is 14.9 Å². The first-order valence-electron chi connectivity index (χ1n) is 5.43. The lowest BCUT2D eigenvalue weighted by Crippen LogP contribution is -2.47. The number of nitro groups is 1. The number of hydrogen-bond donors (Lipinski definition) is 3. The van der Waals surface area contributed by atoms with Crippen LogP contribution in [0.4, 0.5) is 10.1 Å². The van der Waals surface area contributed by atoms with Crippen LogP contribution in [0.15, 0.2) is 23.1 Å². The van der Waals surface area contributed by atoms with Gasteiger partial charge in [-0.25, -0.2) is 8.42 Å². The molecule has 21 heavy (non-hydrogen) atoms.